The summed E-state index contributed by atoms with van der Waals surface area (Å²) in [6, 6.07) is 21.0. The van der Waals surface area contributed by atoms with Gasteiger partial charge in [0.05, 0.1) is 12.5 Å². The fraction of sp³-hybridized carbons (Fsp3) is 0.514. The Hall–Kier alpha value is -3.21. The number of likely N-dealkylation sites (tertiary alicyclic amines) is 1. The zero-order valence-corrected chi connectivity index (χ0v) is 27.4. The molecule has 1 heterocycles. The number of nitrogens with zero attached hydrogens (tertiary/aromatic N) is 2. The predicted octanol–water partition coefficient (Wildman–Crippen LogP) is 6.75. The first kappa shape index (κ1) is 31.7. The number of ketones is 1. The van der Waals surface area contributed by atoms with Crippen molar-refractivity contribution in [3.63, 3.8) is 0 Å². The van der Waals surface area contributed by atoms with E-state index in [1.165, 1.54) is 10.4 Å². The Morgan fingerprint density at radius 3 is 2.02 bits per heavy atom. The van der Waals surface area contributed by atoms with Gasteiger partial charge in [-0.2, -0.15) is 0 Å². The summed E-state index contributed by atoms with van der Waals surface area (Å²) in [5.41, 5.74) is -2.45. The molecule has 2 aromatic rings. The van der Waals surface area contributed by atoms with Crippen LogP contribution < -0.4 is 10.4 Å². The average Bonchev–Trinajstić information content (AvgIpc) is 3.34. The third kappa shape index (κ3) is 5.84. The van der Waals surface area contributed by atoms with Crippen LogP contribution in [0.25, 0.3) is 4.85 Å². The van der Waals surface area contributed by atoms with Crippen molar-refractivity contribution in [3.8, 4) is 0 Å². The highest BCUT2D eigenvalue weighted by Crippen LogP contribution is 2.48. The van der Waals surface area contributed by atoms with Crippen molar-refractivity contribution in [1.29, 1.82) is 0 Å². The number of benzene rings is 2. The third-order valence-corrected chi connectivity index (χ3v) is 14.0. The fourth-order valence-corrected chi connectivity index (χ4v) is 11.5. The van der Waals surface area contributed by atoms with E-state index in [-0.39, 0.29) is 23.3 Å². The molecule has 0 bridgehead atoms. The molecule has 224 valence electrons. The normalized spacial score (nSPS) is 24.4. The molecular formula is C35H46N2O4Si. The number of carbonyl (C=O) groups is 2. The molecule has 3 atom stereocenters. The maximum absolute atomic E-state index is 13.6. The van der Waals surface area contributed by atoms with E-state index < -0.39 is 37.0 Å². The van der Waals surface area contributed by atoms with Crippen molar-refractivity contribution in [2.45, 2.75) is 97.1 Å². The predicted molar refractivity (Wildman–Crippen MR) is 170 cm³/mol. The molecule has 0 N–H and O–H groups in total. The van der Waals surface area contributed by atoms with Crippen LogP contribution in [0.1, 0.15) is 74.7 Å². The van der Waals surface area contributed by atoms with Gasteiger partial charge < -0.3 is 9.16 Å². The summed E-state index contributed by atoms with van der Waals surface area (Å²) < 4.78 is 13.2. The van der Waals surface area contributed by atoms with E-state index in [1.807, 2.05) is 39.0 Å². The van der Waals surface area contributed by atoms with Gasteiger partial charge in [-0.15, -0.1) is 0 Å². The van der Waals surface area contributed by atoms with Gasteiger partial charge >= 0.3 is 11.8 Å². The summed E-state index contributed by atoms with van der Waals surface area (Å²) in [7, 11) is -2.91. The maximum Gasteiger partial charge on any atom is 0.416 e. The van der Waals surface area contributed by atoms with Crippen molar-refractivity contribution in [2.24, 2.45) is 11.3 Å². The van der Waals surface area contributed by atoms with Gasteiger partial charge in [-0.25, -0.2) is 16.3 Å². The first-order valence-corrected chi connectivity index (χ1v) is 16.9. The highest BCUT2D eigenvalue weighted by atomic mass is 28.4. The standard InChI is InChI=1S/C35H46N2O4Si/c1-32(2,3)40-31(39)37-24-16-23-35(37,36-9)25-28-29(38)21-22-30(34(28,7)8)41-42(33(4,5)6,26-17-12-10-13-18-26)27-19-14-11-15-20-27/h10-15,17-22,28,30H,16,23-25H2,1-8H3/t28-,30-,35+/m0/s1. The lowest BCUT2D eigenvalue weighted by molar-refractivity contribution is -0.127. The first-order chi connectivity index (χ1) is 19.6. The Kier molecular flexibility index (Phi) is 8.66. The Morgan fingerprint density at radius 2 is 1.55 bits per heavy atom. The molecule has 1 aliphatic carbocycles. The molecule has 0 aromatic heterocycles. The largest absolute Gasteiger partial charge is 0.444 e. The minimum Gasteiger partial charge on any atom is -0.444 e. The van der Waals surface area contributed by atoms with E-state index in [2.05, 4.69) is 88.0 Å². The van der Waals surface area contributed by atoms with E-state index in [4.69, 9.17) is 15.7 Å². The van der Waals surface area contributed by atoms with Crippen molar-refractivity contribution in [3.05, 3.63) is 84.2 Å². The average molecular weight is 587 g/mol. The number of allylic oxidation sites excluding steroid dienone is 1. The van der Waals surface area contributed by atoms with Gasteiger partial charge in [0.2, 0.25) is 0 Å². The SMILES string of the molecule is [C-]#[N+][C@]1(C[C@H]2C(=O)C=C[C@H](O[Si](c3ccccc3)(c3ccccc3)C(C)(C)C)C2(C)C)CCCN1C(=O)OC(C)(C)C. The van der Waals surface area contributed by atoms with Crippen LogP contribution in [0.2, 0.25) is 5.04 Å². The lowest BCUT2D eigenvalue weighted by Gasteiger charge is -2.50. The quantitative estimate of drug-likeness (QED) is 0.278. The van der Waals surface area contributed by atoms with Crippen molar-refractivity contribution in [1.82, 2.24) is 4.90 Å². The number of amides is 1. The number of ether oxygens (including phenoxy) is 1. The lowest BCUT2D eigenvalue weighted by atomic mass is 9.66. The molecule has 2 aromatic carbocycles. The second kappa shape index (κ2) is 11.5. The molecule has 2 aliphatic rings. The van der Waals surface area contributed by atoms with Gasteiger partial charge in [-0.1, -0.05) is 101 Å². The molecule has 4 rings (SSSR count). The second-order valence-electron chi connectivity index (χ2n) is 14.4. The van der Waals surface area contributed by atoms with Crippen LogP contribution in [-0.2, 0) is 14.0 Å². The fourth-order valence-electron chi connectivity index (χ4n) is 6.69. The van der Waals surface area contributed by atoms with Gasteiger partial charge in [0.25, 0.3) is 8.32 Å². The molecule has 0 spiro atoms. The van der Waals surface area contributed by atoms with E-state index in [9.17, 15) is 9.59 Å². The first-order valence-electron chi connectivity index (χ1n) is 15.0. The van der Waals surface area contributed by atoms with Gasteiger partial charge in [0.1, 0.15) is 5.60 Å². The zero-order valence-electron chi connectivity index (χ0n) is 26.4. The minimum absolute atomic E-state index is 0.0265. The Balaban J connectivity index is 1.76. The van der Waals surface area contributed by atoms with E-state index in [0.717, 1.165) is 0 Å². The highest BCUT2D eigenvalue weighted by Gasteiger charge is 2.59. The molecule has 1 saturated heterocycles. The topological polar surface area (TPSA) is 60.2 Å². The maximum atomic E-state index is 13.6. The van der Waals surface area contributed by atoms with Crippen LogP contribution in [0.3, 0.4) is 0 Å². The van der Waals surface area contributed by atoms with E-state index >= 15 is 0 Å². The van der Waals surface area contributed by atoms with Gasteiger partial charge in [-0.3, -0.25) is 9.64 Å². The van der Waals surface area contributed by atoms with Crippen LogP contribution in [0.4, 0.5) is 4.79 Å². The van der Waals surface area contributed by atoms with Gasteiger partial charge in [0, 0.05) is 24.3 Å². The summed E-state index contributed by atoms with van der Waals surface area (Å²) >= 11 is 0. The van der Waals surface area contributed by atoms with Crippen LogP contribution in [0.15, 0.2) is 72.8 Å². The van der Waals surface area contributed by atoms with Crippen molar-refractivity contribution >= 4 is 30.6 Å². The molecule has 1 fully saturated rings. The number of rotatable bonds is 6. The Labute approximate surface area is 253 Å². The van der Waals surface area contributed by atoms with E-state index in [1.54, 1.807) is 11.0 Å². The smallest absolute Gasteiger partial charge is 0.416 e. The van der Waals surface area contributed by atoms with Crippen LogP contribution in [0.5, 0.6) is 0 Å². The molecular weight excluding hydrogens is 540 g/mol. The van der Waals surface area contributed by atoms with Crippen molar-refractivity contribution < 1.29 is 18.8 Å². The summed E-state index contributed by atoms with van der Waals surface area (Å²) in [6.45, 7) is 25.0. The number of hydrogen-bond donors (Lipinski definition) is 0. The van der Waals surface area contributed by atoms with Crippen LogP contribution in [-0.4, -0.2) is 49.0 Å². The van der Waals surface area contributed by atoms with Crippen LogP contribution in [0, 0.1) is 17.9 Å². The molecule has 7 heteroatoms. The molecule has 42 heavy (non-hydrogen) atoms. The van der Waals surface area contributed by atoms with Crippen LogP contribution >= 0.6 is 0 Å². The zero-order chi connectivity index (χ0) is 31.0. The minimum atomic E-state index is -2.91. The molecule has 1 aliphatic heterocycles. The summed E-state index contributed by atoms with van der Waals surface area (Å²) in [5.74, 6) is -0.538. The highest BCUT2D eigenvalue weighted by molar-refractivity contribution is 6.99. The molecule has 0 unspecified atom stereocenters. The second-order valence-corrected chi connectivity index (χ2v) is 18.6. The molecule has 0 saturated carbocycles. The Morgan fingerprint density at radius 1 is 1.00 bits per heavy atom. The molecule has 1 amide bonds. The lowest BCUT2D eigenvalue weighted by Crippen LogP contribution is -2.69. The summed E-state index contributed by atoms with van der Waals surface area (Å²) in [6.07, 6.45) is 4.14. The number of carbonyl (C=O) groups excluding carboxylic acids is 2. The molecule has 6 nitrogen and oxygen atoms in total. The van der Waals surface area contributed by atoms with Gasteiger partial charge in [0.15, 0.2) is 5.78 Å². The van der Waals surface area contributed by atoms with Crippen molar-refractivity contribution in [2.75, 3.05) is 6.54 Å². The van der Waals surface area contributed by atoms with Gasteiger partial charge in [-0.05, 0) is 48.7 Å². The third-order valence-electron chi connectivity index (χ3n) is 8.95. The summed E-state index contributed by atoms with van der Waals surface area (Å²) in [4.78, 5) is 32.5. The van der Waals surface area contributed by atoms with E-state index in [0.29, 0.717) is 19.4 Å². The molecule has 0 radical (unpaired) electrons. The monoisotopic (exact) mass is 586 g/mol. The number of hydrogen-bond acceptors (Lipinski definition) is 4. The summed E-state index contributed by atoms with van der Waals surface area (Å²) in [5, 5.41) is 2.12. The Bertz CT molecular complexity index is 1310.